The Morgan fingerprint density at radius 2 is 2.25 bits per heavy atom. The molecule has 20 heavy (non-hydrogen) atoms. The van der Waals surface area contributed by atoms with Crippen molar-refractivity contribution in [3.05, 3.63) is 23.8 Å². The predicted octanol–water partition coefficient (Wildman–Crippen LogP) is 1.33. The monoisotopic (exact) mass is 278 g/mol. The van der Waals surface area contributed by atoms with Gasteiger partial charge in [0.2, 0.25) is 5.91 Å². The van der Waals surface area contributed by atoms with Gasteiger partial charge in [-0.3, -0.25) is 4.79 Å². The average molecular weight is 278 g/mol. The number of carbonyl (C=O) groups is 2. The Kier molecular flexibility index (Phi) is 4.57. The Bertz CT molecular complexity index is 510. The van der Waals surface area contributed by atoms with Crippen molar-refractivity contribution < 1.29 is 19.4 Å². The molecule has 0 aliphatic carbocycles. The third-order valence-electron chi connectivity index (χ3n) is 3.38. The van der Waals surface area contributed by atoms with Gasteiger partial charge in [0, 0.05) is 6.54 Å². The lowest BCUT2D eigenvalue weighted by atomic mass is 9.98. The first-order valence-electron chi connectivity index (χ1n) is 6.54. The smallest absolute Gasteiger partial charge is 0.337 e. The molecule has 1 aliphatic rings. The van der Waals surface area contributed by atoms with Crippen LogP contribution in [0.5, 0.6) is 5.75 Å². The topological polar surface area (TPSA) is 87.7 Å². The Morgan fingerprint density at radius 1 is 1.45 bits per heavy atom. The normalized spacial score (nSPS) is 18.4. The summed E-state index contributed by atoms with van der Waals surface area (Å²) >= 11 is 0. The second-order valence-corrected chi connectivity index (χ2v) is 4.75. The predicted molar refractivity (Wildman–Crippen MR) is 74.2 cm³/mol. The second kappa shape index (κ2) is 6.38. The molecule has 0 bridgehead atoms. The molecule has 6 heteroatoms. The Balaban J connectivity index is 2.15. The molecule has 0 spiro atoms. The lowest BCUT2D eigenvalue weighted by Gasteiger charge is -2.22. The molecule has 0 unspecified atom stereocenters. The van der Waals surface area contributed by atoms with Gasteiger partial charge in [0.1, 0.15) is 5.75 Å². The van der Waals surface area contributed by atoms with Gasteiger partial charge in [0.25, 0.3) is 0 Å². The molecule has 0 saturated carbocycles. The molecule has 0 radical (unpaired) electrons. The minimum absolute atomic E-state index is 0.0291. The van der Waals surface area contributed by atoms with E-state index in [4.69, 9.17) is 4.74 Å². The summed E-state index contributed by atoms with van der Waals surface area (Å²) in [4.78, 5) is 23.3. The summed E-state index contributed by atoms with van der Waals surface area (Å²) in [7, 11) is 1.47. The molecule has 1 aromatic rings. The molecule has 3 N–H and O–H groups in total. The number of hydrogen-bond acceptors (Lipinski definition) is 4. The van der Waals surface area contributed by atoms with Crippen molar-refractivity contribution in [1.82, 2.24) is 5.32 Å². The maximum absolute atomic E-state index is 12.1. The van der Waals surface area contributed by atoms with Crippen molar-refractivity contribution in [3.8, 4) is 5.75 Å². The van der Waals surface area contributed by atoms with Crippen LogP contribution in [0.3, 0.4) is 0 Å². The van der Waals surface area contributed by atoms with Gasteiger partial charge in [-0.05, 0) is 37.6 Å². The second-order valence-electron chi connectivity index (χ2n) is 4.75. The van der Waals surface area contributed by atoms with Crippen molar-refractivity contribution in [2.24, 2.45) is 5.92 Å². The lowest BCUT2D eigenvalue weighted by molar-refractivity contribution is -0.120. The maximum atomic E-state index is 12.1. The average Bonchev–Trinajstić information content (AvgIpc) is 2.48. The van der Waals surface area contributed by atoms with Crippen LogP contribution >= 0.6 is 0 Å². The third-order valence-corrected chi connectivity index (χ3v) is 3.38. The summed E-state index contributed by atoms with van der Waals surface area (Å²) in [6.45, 7) is 1.55. The fraction of sp³-hybridized carbons (Fsp3) is 0.429. The molecule has 1 aromatic carbocycles. The van der Waals surface area contributed by atoms with Crippen LogP contribution in [-0.2, 0) is 4.79 Å². The number of piperidine rings is 1. The zero-order valence-corrected chi connectivity index (χ0v) is 11.3. The number of anilines is 1. The molecule has 1 fully saturated rings. The number of rotatable bonds is 4. The van der Waals surface area contributed by atoms with Gasteiger partial charge in [-0.25, -0.2) is 4.79 Å². The summed E-state index contributed by atoms with van der Waals surface area (Å²) in [5, 5.41) is 15.0. The molecule has 1 amide bonds. The minimum Gasteiger partial charge on any atom is -0.497 e. The van der Waals surface area contributed by atoms with Gasteiger partial charge in [-0.2, -0.15) is 0 Å². The van der Waals surface area contributed by atoms with E-state index in [9.17, 15) is 14.7 Å². The number of ether oxygens (including phenoxy) is 1. The van der Waals surface area contributed by atoms with E-state index in [1.807, 2.05) is 0 Å². The fourth-order valence-corrected chi connectivity index (χ4v) is 2.25. The minimum atomic E-state index is -1.10. The third kappa shape index (κ3) is 3.27. The first-order valence-corrected chi connectivity index (χ1v) is 6.54. The van der Waals surface area contributed by atoms with Gasteiger partial charge in [0.05, 0.1) is 24.3 Å². The number of methoxy groups -OCH3 is 1. The van der Waals surface area contributed by atoms with Gasteiger partial charge in [-0.15, -0.1) is 0 Å². The molecule has 6 nitrogen and oxygen atoms in total. The van der Waals surface area contributed by atoms with Crippen molar-refractivity contribution in [2.75, 3.05) is 25.5 Å². The van der Waals surface area contributed by atoms with Crippen molar-refractivity contribution in [3.63, 3.8) is 0 Å². The highest BCUT2D eigenvalue weighted by atomic mass is 16.5. The van der Waals surface area contributed by atoms with Gasteiger partial charge in [-0.1, -0.05) is 0 Å². The van der Waals surface area contributed by atoms with E-state index in [1.165, 1.54) is 13.2 Å². The first-order chi connectivity index (χ1) is 9.61. The number of aromatic carboxylic acids is 1. The molecule has 108 valence electrons. The van der Waals surface area contributed by atoms with Crippen LogP contribution in [0, 0.1) is 5.92 Å². The highest BCUT2D eigenvalue weighted by molar-refractivity contribution is 6.01. The van der Waals surface area contributed by atoms with Crippen LogP contribution < -0.4 is 15.4 Å². The van der Waals surface area contributed by atoms with Crippen LogP contribution in [0.4, 0.5) is 5.69 Å². The van der Waals surface area contributed by atoms with E-state index in [0.29, 0.717) is 18.0 Å². The largest absolute Gasteiger partial charge is 0.497 e. The van der Waals surface area contributed by atoms with Crippen molar-refractivity contribution in [1.29, 1.82) is 0 Å². The Morgan fingerprint density at radius 3 is 2.85 bits per heavy atom. The SMILES string of the molecule is COc1ccc(NC(=O)[C@@H]2CCCNC2)c(C(=O)O)c1. The quantitative estimate of drug-likeness (QED) is 0.773. The highest BCUT2D eigenvalue weighted by Gasteiger charge is 2.22. The van der Waals surface area contributed by atoms with E-state index in [2.05, 4.69) is 10.6 Å². The first kappa shape index (κ1) is 14.3. The van der Waals surface area contributed by atoms with E-state index < -0.39 is 5.97 Å². The molecule has 2 rings (SSSR count). The van der Waals surface area contributed by atoms with Gasteiger partial charge < -0.3 is 20.5 Å². The van der Waals surface area contributed by atoms with Crippen LogP contribution in [0.15, 0.2) is 18.2 Å². The molecule has 0 aromatic heterocycles. The zero-order valence-electron chi connectivity index (χ0n) is 11.3. The number of nitrogens with one attached hydrogen (secondary N) is 2. The van der Waals surface area contributed by atoms with Crippen LogP contribution in [0.2, 0.25) is 0 Å². The van der Waals surface area contributed by atoms with Crippen molar-refractivity contribution >= 4 is 17.6 Å². The Hall–Kier alpha value is -2.08. The zero-order chi connectivity index (χ0) is 14.5. The van der Waals surface area contributed by atoms with Gasteiger partial charge in [0.15, 0.2) is 0 Å². The summed E-state index contributed by atoms with van der Waals surface area (Å²) in [5.74, 6) is -0.918. The van der Waals surface area contributed by atoms with Crippen LogP contribution in [0.1, 0.15) is 23.2 Å². The lowest BCUT2D eigenvalue weighted by Crippen LogP contribution is -2.37. The summed E-state index contributed by atoms with van der Waals surface area (Å²) < 4.78 is 5.00. The number of carboxylic acids is 1. The number of carboxylic acid groups (broad SMARTS) is 1. The molecule has 1 atom stereocenters. The summed E-state index contributed by atoms with van der Waals surface area (Å²) in [5.41, 5.74) is 0.329. The molecule has 1 aliphatic heterocycles. The van der Waals surface area contributed by atoms with E-state index in [-0.39, 0.29) is 17.4 Å². The number of amides is 1. The van der Waals surface area contributed by atoms with Gasteiger partial charge >= 0.3 is 5.97 Å². The number of hydrogen-bond donors (Lipinski definition) is 3. The molecule has 1 saturated heterocycles. The highest BCUT2D eigenvalue weighted by Crippen LogP contribution is 2.23. The molecular formula is C14H18N2O4. The molecule has 1 heterocycles. The van der Waals surface area contributed by atoms with E-state index in [1.54, 1.807) is 12.1 Å². The van der Waals surface area contributed by atoms with E-state index >= 15 is 0 Å². The summed E-state index contributed by atoms with van der Waals surface area (Å²) in [6.07, 6.45) is 1.77. The summed E-state index contributed by atoms with van der Waals surface area (Å²) in [6, 6.07) is 4.58. The van der Waals surface area contributed by atoms with Crippen molar-refractivity contribution in [2.45, 2.75) is 12.8 Å². The number of carbonyl (C=O) groups excluding carboxylic acids is 1. The standard InChI is InChI=1S/C14H18N2O4/c1-20-10-4-5-12(11(7-10)14(18)19)16-13(17)9-3-2-6-15-8-9/h4-5,7,9,15H,2-3,6,8H2,1H3,(H,16,17)(H,18,19)/t9-/m1/s1. The molecular weight excluding hydrogens is 260 g/mol. The number of benzene rings is 1. The fourth-order valence-electron chi connectivity index (χ4n) is 2.25. The van der Waals surface area contributed by atoms with Crippen LogP contribution in [0.25, 0.3) is 0 Å². The van der Waals surface area contributed by atoms with E-state index in [0.717, 1.165) is 19.4 Å². The maximum Gasteiger partial charge on any atom is 0.337 e. The Labute approximate surface area is 117 Å². The van der Waals surface area contributed by atoms with Crippen LogP contribution in [-0.4, -0.2) is 37.2 Å².